The summed E-state index contributed by atoms with van der Waals surface area (Å²) in [4.78, 5) is -0.333. The molecular weight excluding hydrogens is 391 g/mol. The Morgan fingerprint density at radius 1 is 0.962 bits per heavy atom. The normalized spacial score (nSPS) is 11.6. The summed E-state index contributed by atoms with van der Waals surface area (Å²) in [6.07, 6.45) is 0. The molecule has 0 bridgehead atoms. The zero-order chi connectivity index (χ0) is 18.2. The molecule has 2 N–H and O–H groups in total. The molecule has 10 heteroatoms. The number of phenolic OH excluding ortho intramolecular Hbond substituents is 1. The quantitative estimate of drug-likeness (QED) is 0.385. The minimum Gasteiger partial charge on any atom is -0.871 e. The van der Waals surface area contributed by atoms with Crippen LogP contribution < -0.4 is 34.7 Å². The van der Waals surface area contributed by atoms with Crippen LogP contribution in [0.1, 0.15) is 0 Å². The van der Waals surface area contributed by atoms with Crippen LogP contribution in [-0.2, 0) is 10.1 Å². The molecule has 0 radical (unpaired) electrons. The fraction of sp³-hybridized carbons (Fsp3) is 0. The van der Waals surface area contributed by atoms with Gasteiger partial charge in [-0.05, 0) is 24.3 Å². The van der Waals surface area contributed by atoms with Crippen molar-refractivity contribution in [3.05, 3.63) is 53.6 Å². The van der Waals surface area contributed by atoms with Crippen LogP contribution in [0.15, 0.2) is 63.7 Å². The van der Waals surface area contributed by atoms with Crippen LogP contribution in [0.2, 0.25) is 5.02 Å². The number of benzene rings is 3. The molecule has 0 aliphatic carbocycles. The van der Waals surface area contributed by atoms with Gasteiger partial charge in [-0.2, -0.15) is 13.5 Å². The molecule has 0 heterocycles. The van der Waals surface area contributed by atoms with Crippen molar-refractivity contribution in [3.8, 4) is 11.5 Å². The van der Waals surface area contributed by atoms with Gasteiger partial charge in [0.15, 0.2) is 5.75 Å². The number of phenols is 1. The summed E-state index contributed by atoms with van der Waals surface area (Å²) >= 11 is 5.80. The summed E-state index contributed by atoms with van der Waals surface area (Å²) in [7, 11) is -4.45. The van der Waals surface area contributed by atoms with Crippen molar-refractivity contribution < 1.29 is 52.7 Å². The van der Waals surface area contributed by atoms with E-state index in [1.165, 1.54) is 48.5 Å². The number of aromatic hydroxyl groups is 1. The molecule has 26 heavy (non-hydrogen) atoms. The van der Waals surface area contributed by atoms with E-state index in [4.69, 9.17) is 11.6 Å². The van der Waals surface area contributed by atoms with Crippen LogP contribution in [0.5, 0.6) is 11.5 Å². The zero-order valence-electron chi connectivity index (χ0n) is 13.4. The van der Waals surface area contributed by atoms with Gasteiger partial charge in [-0.3, -0.25) is 4.55 Å². The second kappa shape index (κ2) is 7.91. The van der Waals surface area contributed by atoms with Crippen LogP contribution in [0.3, 0.4) is 0 Å². The third kappa shape index (κ3) is 4.17. The molecule has 0 spiro atoms. The summed E-state index contributed by atoms with van der Waals surface area (Å²) in [6, 6.07) is 10.8. The number of hydrogen-bond acceptors (Lipinski definition) is 6. The molecule has 0 aromatic heterocycles. The topological polar surface area (TPSA) is 122 Å². The third-order valence-electron chi connectivity index (χ3n) is 3.44. The molecule has 0 aliphatic heterocycles. The molecule has 3 rings (SSSR count). The maximum atomic E-state index is 11.7. The Morgan fingerprint density at radius 3 is 2.35 bits per heavy atom. The van der Waals surface area contributed by atoms with Gasteiger partial charge in [0, 0.05) is 15.8 Å². The minimum absolute atomic E-state index is 0. The van der Waals surface area contributed by atoms with E-state index < -0.39 is 10.1 Å². The van der Waals surface area contributed by atoms with E-state index in [9.17, 15) is 23.2 Å². The fourth-order valence-corrected chi connectivity index (χ4v) is 3.16. The number of hydrogen-bond donors (Lipinski definition) is 2. The zero-order valence-corrected chi connectivity index (χ0v) is 17.0. The average Bonchev–Trinajstić information content (AvgIpc) is 2.56. The first kappa shape index (κ1) is 20.6. The Balaban J connectivity index is 0.00000243. The molecule has 3 aromatic carbocycles. The van der Waals surface area contributed by atoms with E-state index in [0.717, 1.165) is 0 Å². The third-order valence-corrected chi connectivity index (χ3v) is 4.58. The first-order chi connectivity index (χ1) is 11.8. The maximum absolute atomic E-state index is 11.7. The smallest absolute Gasteiger partial charge is 0.871 e. The fourth-order valence-electron chi connectivity index (χ4n) is 2.28. The summed E-state index contributed by atoms with van der Waals surface area (Å²) in [5.74, 6) is -0.719. The summed E-state index contributed by atoms with van der Waals surface area (Å²) < 4.78 is 32.1. The SMILES string of the molecule is O=S(=O)(O)c1cccc2c(O)c(N=Nc3cc(Cl)ccc3[O-])ccc12.[Na+]. The molecule has 0 saturated heterocycles. The predicted octanol–water partition coefficient (Wildman–Crippen LogP) is 0.939. The van der Waals surface area contributed by atoms with Crippen LogP contribution in [0, 0.1) is 0 Å². The number of azo groups is 1. The van der Waals surface area contributed by atoms with Crippen molar-refractivity contribution in [2.75, 3.05) is 0 Å². The monoisotopic (exact) mass is 400 g/mol. The number of rotatable bonds is 3. The van der Waals surface area contributed by atoms with Gasteiger partial charge in [-0.1, -0.05) is 41.6 Å². The Morgan fingerprint density at radius 2 is 1.65 bits per heavy atom. The van der Waals surface area contributed by atoms with Gasteiger partial charge in [-0.25, -0.2) is 0 Å². The van der Waals surface area contributed by atoms with Crippen molar-refractivity contribution >= 4 is 43.9 Å². The second-order valence-electron chi connectivity index (χ2n) is 5.07. The van der Waals surface area contributed by atoms with Crippen molar-refractivity contribution in [2.45, 2.75) is 4.90 Å². The van der Waals surface area contributed by atoms with E-state index in [0.29, 0.717) is 5.02 Å². The minimum atomic E-state index is -4.45. The van der Waals surface area contributed by atoms with Crippen molar-refractivity contribution in [2.24, 2.45) is 10.2 Å². The van der Waals surface area contributed by atoms with Gasteiger partial charge in [0.25, 0.3) is 10.1 Å². The van der Waals surface area contributed by atoms with Crippen LogP contribution >= 0.6 is 11.6 Å². The average molecular weight is 401 g/mol. The van der Waals surface area contributed by atoms with E-state index in [1.807, 2.05) is 0 Å². The standard InChI is InChI=1S/C16H11ClN2O5S.Na/c17-9-4-7-14(20)13(8-9)19-18-12-6-5-10-11(16(12)21)2-1-3-15(10)25(22,23)24;/h1-8,20-21H,(H,22,23,24);/q;+1/p-1. The molecule has 0 aliphatic rings. The van der Waals surface area contributed by atoms with Crippen LogP contribution in [0.25, 0.3) is 10.8 Å². The van der Waals surface area contributed by atoms with Crippen molar-refractivity contribution in [1.82, 2.24) is 0 Å². The van der Waals surface area contributed by atoms with Crippen LogP contribution in [-0.4, -0.2) is 18.1 Å². The number of fused-ring (bicyclic) bond motifs is 1. The van der Waals surface area contributed by atoms with Crippen molar-refractivity contribution in [3.63, 3.8) is 0 Å². The summed E-state index contributed by atoms with van der Waals surface area (Å²) in [5.41, 5.74) is 0.0260. The van der Waals surface area contributed by atoms with Crippen LogP contribution in [0.4, 0.5) is 11.4 Å². The molecule has 7 nitrogen and oxygen atoms in total. The largest absolute Gasteiger partial charge is 1.00 e. The van der Waals surface area contributed by atoms with Gasteiger partial charge in [0.05, 0.1) is 5.69 Å². The van der Waals surface area contributed by atoms with E-state index >= 15 is 0 Å². The van der Waals surface area contributed by atoms with Gasteiger partial charge in [0.1, 0.15) is 10.6 Å². The Bertz CT molecular complexity index is 1120. The van der Waals surface area contributed by atoms with Crippen molar-refractivity contribution in [1.29, 1.82) is 0 Å². The summed E-state index contributed by atoms with van der Waals surface area (Å²) in [5, 5.41) is 30.2. The molecule has 0 atom stereocenters. The Hall–Kier alpha value is -1.68. The molecule has 3 aromatic rings. The van der Waals surface area contributed by atoms with Gasteiger partial charge < -0.3 is 10.2 Å². The summed E-state index contributed by atoms with van der Waals surface area (Å²) in [6.45, 7) is 0. The van der Waals surface area contributed by atoms with Gasteiger partial charge >= 0.3 is 29.6 Å². The first-order valence-electron chi connectivity index (χ1n) is 6.88. The Labute approximate surface area is 176 Å². The molecule has 0 unspecified atom stereocenters. The molecule has 0 fully saturated rings. The molecule has 0 saturated carbocycles. The Kier molecular flexibility index (Phi) is 6.28. The maximum Gasteiger partial charge on any atom is 1.00 e. The second-order valence-corrected chi connectivity index (χ2v) is 6.90. The molecular formula is C16H10ClN2NaO5S. The molecule has 128 valence electrons. The first-order valence-corrected chi connectivity index (χ1v) is 8.69. The number of nitrogens with zero attached hydrogens (tertiary/aromatic N) is 2. The van der Waals surface area contributed by atoms with E-state index in [1.54, 1.807) is 0 Å². The number of halogens is 1. The molecule has 0 amide bonds. The van der Waals surface area contributed by atoms with E-state index in [-0.39, 0.29) is 68.1 Å². The van der Waals surface area contributed by atoms with Gasteiger partial charge in [0.2, 0.25) is 0 Å². The van der Waals surface area contributed by atoms with Gasteiger partial charge in [-0.15, -0.1) is 5.11 Å². The van der Waals surface area contributed by atoms with E-state index in [2.05, 4.69) is 10.2 Å². The predicted molar refractivity (Wildman–Crippen MR) is 90.5 cm³/mol.